The number of benzene rings is 1. The fourth-order valence-electron chi connectivity index (χ4n) is 3.08. The summed E-state index contributed by atoms with van der Waals surface area (Å²) in [6.07, 6.45) is 5.65. The van der Waals surface area contributed by atoms with Crippen LogP contribution in [0.3, 0.4) is 0 Å². The highest BCUT2D eigenvalue weighted by Gasteiger charge is 2.16. The number of fused-ring (bicyclic) bond motifs is 1. The maximum Gasteiger partial charge on any atom is 0.325 e. The molecule has 27 heavy (non-hydrogen) atoms. The number of pyridine rings is 1. The lowest BCUT2D eigenvalue weighted by Gasteiger charge is -2.26. The number of hydrogen-bond donors (Lipinski definition) is 2. The van der Waals surface area contributed by atoms with Gasteiger partial charge in [-0.3, -0.25) is 9.78 Å². The molecule has 0 bridgehead atoms. The molecule has 0 spiro atoms. The van der Waals surface area contributed by atoms with Crippen LogP contribution in [0.2, 0.25) is 0 Å². The Balaban J connectivity index is 0.000000177. The van der Waals surface area contributed by atoms with Gasteiger partial charge in [0.1, 0.15) is 5.75 Å². The van der Waals surface area contributed by atoms with Gasteiger partial charge in [-0.05, 0) is 49.1 Å². The van der Waals surface area contributed by atoms with E-state index in [4.69, 9.17) is 4.74 Å². The molecule has 2 N–H and O–H groups in total. The average molecular weight is 368 g/mol. The summed E-state index contributed by atoms with van der Waals surface area (Å²) < 4.78 is 5.16. The van der Waals surface area contributed by atoms with Gasteiger partial charge in [-0.2, -0.15) is 0 Å². The molecule has 1 saturated heterocycles. The molecule has 0 saturated carbocycles. The van der Waals surface area contributed by atoms with E-state index in [2.05, 4.69) is 15.0 Å². The second kappa shape index (κ2) is 9.02. The van der Waals surface area contributed by atoms with Gasteiger partial charge in [0.2, 0.25) is 5.91 Å². The van der Waals surface area contributed by atoms with Gasteiger partial charge in [0.25, 0.3) is 0 Å². The van der Waals surface area contributed by atoms with Crippen LogP contribution in [-0.2, 0) is 11.2 Å². The van der Waals surface area contributed by atoms with Gasteiger partial charge < -0.3 is 14.6 Å². The summed E-state index contributed by atoms with van der Waals surface area (Å²) in [5, 5.41) is 0. The highest BCUT2D eigenvalue weighted by molar-refractivity contribution is 5.79. The molecule has 3 aromatic rings. The van der Waals surface area contributed by atoms with Crippen LogP contribution in [0, 0.1) is 0 Å². The molecule has 142 valence electrons. The number of carbonyl (C=O) groups excluding carboxylic acids is 1. The van der Waals surface area contributed by atoms with Crippen LogP contribution in [0.4, 0.5) is 0 Å². The Labute approximate surface area is 157 Å². The van der Waals surface area contributed by atoms with E-state index >= 15 is 0 Å². The van der Waals surface area contributed by atoms with Crippen molar-refractivity contribution in [2.75, 3.05) is 20.2 Å². The number of aromatic nitrogens is 3. The summed E-state index contributed by atoms with van der Waals surface area (Å²) in [4.78, 5) is 33.7. The Hall–Kier alpha value is -3.09. The van der Waals surface area contributed by atoms with E-state index in [1.165, 1.54) is 6.42 Å². The highest BCUT2D eigenvalue weighted by atomic mass is 16.5. The Morgan fingerprint density at radius 1 is 1.15 bits per heavy atom. The molecule has 0 aliphatic carbocycles. The van der Waals surface area contributed by atoms with Gasteiger partial charge >= 0.3 is 5.69 Å². The van der Waals surface area contributed by atoms with Crippen molar-refractivity contribution in [2.45, 2.75) is 25.7 Å². The second-order valence-electron chi connectivity index (χ2n) is 6.45. The number of nitrogens with one attached hydrogen (secondary N) is 2. The molecule has 7 nitrogen and oxygen atoms in total. The van der Waals surface area contributed by atoms with Crippen LogP contribution in [0.5, 0.6) is 5.75 Å². The van der Waals surface area contributed by atoms with Crippen LogP contribution in [-0.4, -0.2) is 46.0 Å². The molecule has 3 heterocycles. The molecule has 0 radical (unpaired) electrons. The van der Waals surface area contributed by atoms with Crippen LogP contribution in [0.15, 0.2) is 47.4 Å². The monoisotopic (exact) mass is 368 g/mol. The third-order valence-corrected chi connectivity index (χ3v) is 4.49. The zero-order chi connectivity index (χ0) is 19.1. The predicted octanol–water partition coefficient (Wildman–Crippen LogP) is 2.50. The number of likely N-dealkylation sites (tertiary alicyclic amines) is 1. The quantitative estimate of drug-likeness (QED) is 0.743. The zero-order valence-corrected chi connectivity index (χ0v) is 15.4. The smallest absolute Gasteiger partial charge is 0.325 e. The molecule has 7 heteroatoms. The van der Waals surface area contributed by atoms with Crippen molar-refractivity contribution in [1.29, 1.82) is 0 Å². The van der Waals surface area contributed by atoms with Gasteiger partial charge in [-0.1, -0.05) is 12.1 Å². The summed E-state index contributed by atoms with van der Waals surface area (Å²) in [5.74, 6) is 1.05. The number of carbonyl (C=O) groups is 1. The van der Waals surface area contributed by atoms with E-state index in [0.29, 0.717) is 12.1 Å². The lowest BCUT2D eigenvalue weighted by molar-refractivity contribution is -0.131. The molecule has 1 fully saturated rings. The topological polar surface area (TPSA) is 91.1 Å². The summed E-state index contributed by atoms with van der Waals surface area (Å²) in [6.45, 7) is 1.84. The first-order chi connectivity index (χ1) is 13.2. The van der Waals surface area contributed by atoms with Gasteiger partial charge in [0.05, 0.1) is 19.0 Å². The molecule has 1 aliphatic heterocycles. The number of methoxy groups -OCH3 is 1. The summed E-state index contributed by atoms with van der Waals surface area (Å²) >= 11 is 0. The fraction of sp³-hybridized carbons (Fsp3) is 0.350. The first-order valence-corrected chi connectivity index (χ1v) is 9.09. The number of imidazole rings is 1. The summed E-state index contributed by atoms with van der Waals surface area (Å²) in [6, 6.07) is 11.3. The van der Waals surface area contributed by atoms with Gasteiger partial charge in [-0.15, -0.1) is 0 Å². The number of piperidine rings is 1. The van der Waals surface area contributed by atoms with Crippen LogP contribution < -0.4 is 10.4 Å². The number of H-pyrrole nitrogens is 2. The van der Waals surface area contributed by atoms with E-state index in [1.807, 2.05) is 29.2 Å². The van der Waals surface area contributed by atoms with E-state index in [1.54, 1.807) is 25.4 Å². The fourth-order valence-corrected chi connectivity index (χ4v) is 3.08. The van der Waals surface area contributed by atoms with Crippen LogP contribution in [0.25, 0.3) is 11.2 Å². The molecule has 2 aromatic heterocycles. The predicted molar refractivity (Wildman–Crippen MR) is 104 cm³/mol. The van der Waals surface area contributed by atoms with Gasteiger partial charge in [-0.25, -0.2) is 9.78 Å². The summed E-state index contributed by atoms with van der Waals surface area (Å²) in [7, 11) is 1.64. The number of aromatic amines is 2. The molecule has 1 aromatic carbocycles. The molecule has 4 rings (SSSR count). The second-order valence-corrected chi connectivity index (χ2v) is 6.45. The summed E-state index contributed by atoms with van der Waals surface area (Å²) in [5.41, 5.74) is 2.16. The van der Waals surface area contributed by atoms with Gasteiger partial charge in [0, 0.05) is 19.3 Å². The number of nitrogens with zero attached hydrogens (tertiary/aromatic N) is 2. The van der Waals surface area contributed by atoms with E-state index < -0.39 is 0 Å². The molecule has 1 amide bonds. The normalized spacial score (nSPS) is 13.7. The lowest BCUT2D eigenvalue weighted by atomic mass is 10.1. The van der Waals surface area contributed by atoms with E-state index in [0.717, 1.165) is 42.8 Å². The lowest BCUT2D eigenvalue weighted by Crippen LogP contribution is -2.36. The standard InChI is InChI=1S/C14H19NO2.C6H5N3O/c1-17-13-7-5-6-12(10-13)11-14(16)15-8-3-2-4-9-15;10-6-8-4-2-1-3-7-5(4)9-6/h5-7,10H,2-4,8-9,11H2,1H3;1-3H,(H2,7,8,9,10). The van der Waals surface area contributed by atoms with Crippen LogP contribution in [0.1, 0.15) is 24.8 Å². The van der Waals surface area contributed by atoms with Crippen molar-refractivity contribution >= 4 is 17.1 Å². The highest BCUT2D eigenvalue weighted by Crippen LogP contribution is 2.15. The van der Waals surface area contributed by atoms with Crippen LogP contribution >= 0.6 is 0 Å². The van der Waals surface area contributed by atoms with E-state index in [-0.39, 0.29) is 11.6 Å². The van der Waals surface area contributed by atoms with Crippen molar-refractivity contribution in [3.8, 4) is 5.75 Å². The SMILES string of the molecule is COc1cccc(CC(=O)N2CCCCC2)c1.O=c1[nH]c2cccnc2[nH]1. The largest absolute Gasteiger partial charge is 0.497 e. The molecule has 0 atom stereocenters. The van der Waals surface area contributed by atoms with Crippen molar-refractivity contribution < 1.29 is 9.53 Å². The third-order valence-electron chi connectivity index (χ3n) is 4.49. The number of rotatable bonds is 3. The van der Waals surface area contributed by atoms with Crippen molar-refractivity contribution in [1.82, 2.24) is 19.9 Å². The van der Waals surface area contributed by atoms with Crippen molar-refractivity contribution in [3.05, 3.63) is 58.6 Å². The third kappa shape index (κ3) is 5.20. The Morgan fingerprint density at radius 2 is 1.96 bits per heavy atom. The Bertz CT molecular complexity index is 905. The molecule has 1 aliphatic rings. The average Bonchev–Trinajstić information content (AvgIpc) is 3.09. The maximum absolute atomic E-state index is 12.1. The minimum absolute atomic E-state index is 0.214. The Morgan fingerprint density at radius 3 is 2.70 bits per heavy atom. The van der Waals surface area contributed by atoms with E-state index in [9.17, 15) is 9.59 Å². The first-order valence-electron chi connectivity index (χ1n) is 9.09. The van der Waals surface area contributed by atoms with Crippen molar-refractivity contribution in [2.24, 2.45) is 0 Å². The number of hydrogen-bond acceptors (Lipinski definition) is 4. The molecule has 0 unspecified atom stereocenters. The minimum atomic E-state index is -0.214. The van der Waals surface area contributed by atoms with Crippen molar-refractivity contribution in [3.63, 3.8) is 0 Å². The number of amides is 1. The zero-order valence-electron chi connectivity index (χ0n) is 15.4. The maximum atomic E-state index is 12.1. The van der Waals surface area contributed by atoms with Gasteiger partial charge in [0.15, 0.2) is 5.65 Å². The molecular formula is C20H24N4O3. The molecular weight excluding hydrogens is 344 g/mol. The first kappa shape index (κ1) is 18.7. The minimum Gasteiger partial charge on any atom is -0.497 e. The number of ether oxygens (including phenoxy) is 1. The Kier molecular flexibility index (Phi) is 6.25.